The monoisotopic (exact) mass is 1200 g/mol. The highest BCUT2D eigenvalue weighted by Crippen LogP contribution is 2.37. The van der Waals surface area contributed by atoms with Gasteiger partial charge >= 0.3 is 0 Å². The summed E-state index contributed by atoms with van der Waals surface area (Å²) in [5.74, 6) is 4.11. The Bertz CT molecular complexity index is 2140. The van der Waals surface area contributed by atoms with Crippen molar-refractivity contribution >= 4 is 40.5 Å². The van der Waals surface area contributed by atoms with E-state index in [2.05, 4.69) is 111 Å². The highest BCUT2D eigenvalue weighted by molar-refractivity contribution is 5.91. The molecule has 0 radical (unpaired) electrons. The SMILES string of the molecule is CC(C)C(=O)C1(C)CCCCN1C.CC(C)C(=O)C1(C)CCCN(C)C1.CC(C)C(=O)C1(C)CCCN1C.CC(C)C(=O)C1(C)CCN(C)C1.CC(C)C(=O)C1(C)CCN(C)CC1.CC(C)C(=O)C1(C)CCN1C.CC(C)C(=O)C1(C)CN(C)C1. The summed E-state index contributed by atoms with van der Waals surface area (Å²) in [4.78, 5) is 98.2. The van der Waals surface area contributed by atoms with Crippen LogP contribution in [-0.2, 0) is 33.6 Å². The molecule has 7 heterocycles. The molecule has 0 aliphatic carbocycles. The van der Waals surface area contributed by atoms with Crippen molar-refractivity contribution in [2.24, 2.45) is 63.1 Å². The van der Waals surface area contributed by atoms with E-state index in [1.54, 1.807) is 0 Å². The first-order chi connectivity index (χ1) is 38.8. The molecule has 496 valence electrons. The van der Waals surface area contributed by atoms with Gasteiger partial charge in [0.2, 0.25) is 0 Å². The zero-order valence-corrected chi connectivity index (χ0v) is 60.6. The van der Waals surface area contributed by atoms with Crippen LogP contribution in [0.4, 0.5) is 0 Å². The van der Waals surface area contributed by atoms with Crippen LogP contribution in [0.2, 0.25) is 0 Å². The van der Waals surface area contributed by atoms with Crippen molar-refractivity contribution in [3.63, 3.8) is 0 Å². The molecule has 0 N–H and O–H groups in total. The van der Waals surface area contributed by atoms with Crippen LogP contribution in [-0.4, -0.2) is 213 Å². The van der Waals surface area contributed by atoms with Gasteiger partial charge in [0.25, 0.3) is 0 Å². The first kappa shape index (κ1) is 80.4. The number of rotatable bonds is 14. The normalized spacial score (nSPS) is 29.1. The van der Waals surface area contributed by atoms with Crippen LogP contribution < -0.4 is 0 Å². The van der Waals surface area contributed by atoms with Crippen LogP contribution in [0.25, 0.3) is 0 Å². The van der Waals surface area contributed by atoms with Crippen LogP contribution in [0.15, 0.2) is 0 Å². The quantitative estimate of drug-likeness (QED) is 0.163. The minimum absolute atomic E-state index is 0.0388. The number of nitrogens with zero attached hydrogens (tertiary/aromatic N) is 7. The van der Waals surface area contributed by atoms with Crippen molar-refractivity contribution in [2.75, 3.05) is 121 Å². The zero-order valence-electron chi connectivity index (χ0n) is 60.6. The molecular formula is C71H135N7O7. The highest BCUT2D eigenvalue weighted by atomic mass is 16.2. The number of carbonyl (C=O) groups is 7. The number of ketones is 7. The van der Waals surface area contributed by atoms with Crippen molar-refractivity contribution in [1.29, 1.82) is 0 Å². The maximum atomic E-state index is 12.0. The second kappa shape index (κ2) is 34.0. The Morgan fingerprint density at radius 2 is 0.518 bits per heavy atom. The molecule has 0 aromatic rings. The predicted octanol–water partition coefficient (Wildman–Crippen LogP) is 11.7. The molecule has 14 nitrogen and oxygen atoms in total. The summed E-state index contributed by atoms with van der Waals surface area (Å²) >= 11 is 0. The molecule has 7 aliphatic heterocycles. The average Bonchev–Trinajstić information content (AvgIpc) is 3.79. The molecule has 7 fully saturated rings. The van der Waals surface area contributed by atoms with Crippen LogP contribution >= 0.6 is 0 Å². The van der Waals surface area contributed by atoms with Crippen molar-refractivity contribution < 1.29 is 33.6 Å². The summed E-state index contributed by atoms with van der Waals surface area (Å²) in [7, 11) is 14.5. The van der Waals surface area contributed by atoms with E-state index in [0.717, 1.165) is 130 Å². The summed E-state index contributed by atoms with van der Waals surface area (Å²) in [6.45, 7) is 53.7. The summed E-state index contributed by atoms with van der Waals surface area (Å²) in [6, 6.07) is 0. The third kappa shape index (κ3) is 22.4. The van der Waals surface area contributed by atoms with E-state index < -0.39 is 0 Å². The largest absolute Gasteiger partial charge is 0.306 e. The van der Waals surface area contributed by atoms with E-state index in [9.17, 15) is 33.6 Å². The lowest BCUT2D eigenvalue weighted by Gasteiger charge is -2.48. The van der Waals surface area contributed by atoms with E-state index >= 15 is 0 Å². The average molecular weight is 1200 g/mol. The number of carbonyl (C=O) groups excluding carboxylic acids is 7. The van der Waals surface area contributed by atoms with Gasteiger partial charge in [0.05, 0.1) is 22.0 Å². The Balaban J connectivity index is 0.000000496. The topological polar surface area (TPSA) is 142 Å². The second-order valence-electron chi connectivity index (χ2n) is 31.6. The highest BCUT2D eigenvalue weighted by Gasteiger charge is 2.47. The molecule has 0 saturated carbocycles. The van der Waals surface area contributed by atoms with Crippen LogP contribution in [0, 0.1) is 63.1 Å². The fourth-order valence-electron chi connectivity index (χ4n) is 14.4. The van der Waals surface area contributed by atoms with Gasteiger partial charge in [-0.3, -0.25) is 48.3 Å². The number of piperidine rings is 3. The number of hydrogen-bond donors (Lipinski definition) is 0. The van der Waals surface area contributed by atoms with Gasteiger partial charge in [-0.2, -0.15) is 0 Å². The molecular weight excluding hydrogens is 1060 g/mol. The van der Waals surface area contributed by atoms with E-state index in [-0.39, 0.29) is 79.7 Å². The first-order valence-corrected chi connectivity index (χ1v) is 33.5. The molecule has 0 bridgehead atoms. The van der Waals surface area contributed by atoms with E-state index in [1.807, 2.05) is 118 Å². The van der Waals surface area contributed by atoms with E-state index in [4.69, 9.17) is 0 Å². The molecule has 0 amide bonds. The van der Waals surface area contributed by atoms with Crippen LogP contribution in [0.5, 0.6) is 0 Å². The fraction of sp³-hybridized carbons (Fsp3) is 0.901. The summed E-state index contributed by atoms with van der Waals surface area (Å²) in [5.41, 5.74) is -0.734. The molecule has 5 unspecified atom stereocenters. The number of Topliss-reactive ketones (excluding diaryl/α,β-unsaturated/α-hetero) is 7. The Morgan fingerprint density at radius 1 is 0.247 bits per heavy atom. The standard InChI is InChI=1S/3C11H21NO.2C10H19NO.2C9H17NO/c1-9(2)10(13)11(3)5-7-12(4)8-6-11;1-9(2)10(13)11(3)6-5-7-12(4)8-11;1-9(2)10(13)11(3)7-5-6-8-12(11)4;1-8(2)9(12)10(3)5-6-11(4)7-10;1-8(2)9(12)10(3)6-5-7-11(10)4;1-7(2)8(11)9(3)5-10(4)6-9;1-7(2)8(11)9(3)5-6-10(9)4/h3*9H,5-8H2,1-4H3;2*8H,5-7H2,1-4H3;2*7H,5-6H2,1-4H3. The van der Waals surface area contributed by atoms with Crippen molar-refractivity contribution in [3.05, 3.63) is 0 Å². The maximum absolute atomic E-state index is 12.0. The van der Waals surface area contributed by atoms with Gasteiger partial charge in [-0.1, -0.05) is 125 Å². The summed E-state index contributed by atoms with van der Waals surface area (Å²) in [5, 5.41) is 0. The van der Waals surface area contributed by atoms with Gasteiger partial charge in [-0.05, 0) is 180 Å². The Morgan fingerprint density at radius 3 is 0.824 bits per heavy atom. The van der Waals surface area contributed by atoms with Gasteiger partial charge < -0.3 is 19.6 Å². The van der Waals surface area contributed by atoms with E-state index in [0.29, 0.717) is 40.5 Å². The molecule has 0 spiro atoms. The summed E-state index contributed by atoms with van der Waals surface area (Å²) in [6.07, 6.45) is 12.0. The lowest BCUT2D eigenvalue weighted by Crippen LogP contribution is -2.61. The lowest BCUT2D eigenvalue weighted by atomic mass is 9.73. The first-order valence-electron chi connectivity index (χ1n) is 33.5. The van der Waals surface area contributed by atoms with Crippen LogP contribution in [0.1, 0.15) is 216 Å². The second-order valence-corrected chi connectivity index (χ2v) is 31.6. The smallest absolute Gasteiger partial charge is 0.155 e. The lowest BCUT2D eigenvalue weighted by molar-refractivity contribution is -0.140. The van der Waals surface area contributed by atoms with E-state index in [1.165, 1.54) is 12.8 Å². The van der Waals surface area contributed by atoms with Crippen LogP contribution in [0.3, 0.4) is 0 Å². The molecule has 14 heteroatoms. The van der Waals surface area contributed by atoms with Gasteiger partial charge in [0.15, 0.2) is 17.3 Å². The Hall–Kier alpha value is -2.59. The van der Waals surface area contributed by atoms with Gasteiger partial charge in [0, 0.05) is 90.4 Å². The molecule has 0 aromatic heterocycles. The van der Waals surface area contributed by atoms with Gasteiger partial charge in [-0.25, -0.2) is 0 Å². The molecule has 7 saturated heterocycles. The molecule has 0 aromatic carbocycles. The third-order valence-corrected chi connectivity index (χ3v) is 20.5. The van der Waals surface area contributed by atoms with Gasteiger partial charge in [0.1, 0.15) is 23.1 Å². The molecule has 7 rings (SSSR count). The summed E-state index contributed by atoms with van der Waals surface area (Å²) < 4.78 is 0. The maximum Gasteiger partial charge on any atom is 0.155 e. The number of hydrogen-bond acceptors (Lipinski definition) is 14. The minimum atomic E-state index is -0.188. The Kier molecular flexibility index (Phi) is 32.2. The number of likely N-dealkylation sites (tertiary alicyclic amines) is 7. The molecule has 7 aliphatic rings. The predicted molar refractivity (Wildman–Crippen MR) is 355 cm³/mol. The number of likely N-dealkylation sites (N-methyl/N-ethyl adjacent to an activating group) is 3. The van der Waals surface area contributed by atoms with Crippen molar-refractivity contribution in [1.82, 2.24) is 34.3 Å². The van der Waals surface area contributed by atoms with Crippen molar-refractivity contribution in [2.45, 2.75) is 233 Å². The molecule has 85 heavy (non-hydrogen) atoms. The van der Waals surface area contributed by atoms with Gasteiger partial charge in [-0.15, -0.1) is 0 Å². The third-order valence-electron chi connectivity index (χ3n) is 20.5. The van der Waals surface area contributed by atoms with Crippen molar-refractivity contribution in [3.8, 4) is 0 Å². The Labute approximate surface area is 523 Å². The minimum Gasteiger partial charge on any atom is -0.306 e. The fourth-order valence-corrected chi connectivity index (χ4v) is 14.4. The molecule has 5 atom stereocenters. The zero-order chi connectivity index (χ0) is 66.2.